The van der Waals surface area contributed by atoms with Crippen LogP contribution in [0.1, 0.15) is 54.9 Å². The molecular formula is C16H23NO. The molecular weight excluding hydrogens is 222 g/mol. The molecule has 1 saturated carbocycles. The molecule has 2 heteroatoms. The lowest BCUT2D eigenvalue weighted by Crippen LogP contribution is -2.38. The molecule has 2 unspecified atom stereocenters. The summed E-state index contributed by atoms with van der Waals surface area (Å²) in [5, 5.41) is 0. The standard InChI is InChI=1S/C16H23NO/c1-2-5-12-8-10-13(11-9-12)16(18)14-6-3-4-7-15(14)17/h8-11,14-15H,2-7,17H2,1H3. The maximum Gasteiger partial charge on any atom is 0.167 e. The normalized spacial score (nSPS) is 23.9. The Morgan fingerprint density at radius 2 is 1.89 bits per heavy atom. The van der Waals surface area contributed by atoms with Gasteiger partial charge in [-0.15, -0.1) is 0 Å². The fourth-order valence-electron chi connectivity index (χ4n) is 2.82. The van der Waals surface area contributed by atoms with Gasteiger partial charge >= 0.3 is 0 Å². The Morgan fingerprint density at radius 3 is 2.50 bits per heavy atom. The number of nitrogens with two attached hydrogens (primary N) is 1. The van der Waals surface area contributed by atoms with E-state index in [0.29, 0.717) is 0 Å². The highest BCUT2D eigenvalue weighted by Gasteiger charge is 2.28. The van der Waals surface area contributed by atoms with Crippen molar-refractivity contribution in [2.24, 2.45) is 11.7 Å². The maximum atomic E-state index is 12.4. The second kappa shape index (κ2) is 6.14. The van der Waals surface area contributed by atoms with Crippen molar-refractivity contribution in [2.75, 3.05) is 0 Å². The summed E-state index contributed by atoms with van der Waals surface area (Å²) in [6.07, 6.45) is 6.47. The van der Waals surface area contributed by atoms with E-state index in [9.17, 15) is 4.79 Å². The average molecular weight is 245 g/mol. The van der Waals surface area contributed by atoms with Gasteiger partial charge < -0.3 is 5.73 Å². The molecule has 0 heterocycles. The summed E-state index contributed by atoms with van der Waals surface area (Å²) in [4.78, 5) is 12.4. The predicted octanol–water partition coefficient (Wildman–Crippen LogP) is 3.34. The summed E-state index contributed by atoms with van der Waals surface area (Å²) < 4.78 is 0. The first kappa shape index (κ1) is 13.3. The number of Topliss-reactive ketones (excluding diaryl/α,β-unsaturated/α-hetero) is 1. The van der Waals surface area contributed by atoms with E-state index >= 15 is 0 Å². The SMILES string of the molecule is CCCc1ccc(C(=O)C2CCCCC2N)cc1. The molecule has 0 amide bonds. The van der Waals surface area contributed by atoms with Crippen molar-refractivity contribution in [3.8, 4) is 0 Å². The maximum absolute atomic E-state index is 12.4. The molecule has 1 aromatic carbocycles. The molecule has 2 nitrogen and oxygen atoms in total. The largest absolute Gasteiger partial charge is 0.327 e. The van der Waals surface area contributed by atoms with Crippen LogP contribution in [0.4, 0.5) is 0 Å². The van der Waals surface area contributed by atoms with Gasteiger partial charge in [-0.1, -0.05) is 50.5 Å². The Labute approximate surface area is 110 Å². The second-order valence-electron chi connectivity index (χ2n) is 5.37. The molecule has 18 heavy (non-hydrogen) atoms. The molecule has 0 aromatic heterocycles. The van der Waals surface area contributed by atoms with Crippen LogP contribution in [-0.4, -0.2) is 11.8 Å². The van der Waals surface area contributed by atoms with Gasteiger partial charge in [0.25, 0.3) is 0 Å². The van der Waals surface area contributed by atoms with Crippen LogP contribution in [0.3, 0.4) is 0 Å². The van der Waals surface area contributed by atoms with E-state index in [-0.39, 0.29) is 17.7 Å². The van der Waals surface area contributed by atoms with Gasteiger partial charge in [-0.05, 0) is 24.8 Å². The van der Waals surface area contributed by atoms with Gasteiger partial charge in [-0.3, -0.25) is 4.79 Å². The molecule has 1 aromatic rings. The van der Waals surface area contributed by atoms with Crippen LogP contribution in [0.2, 0.25) is 0 Å². The molecule has 2 atom stereocenters. The van der Waals surface area contributed by atoms with E-state index in [1.54, 1.807) is 0 Å². The first-order valence-corrected chi connectivity index (χ1v) is 7.11. The Kier molecular flexibility index (Phi) is 4.54. The minimum Gasteiger partial charge on any atom is -0.327 e. The number of benzene rings is 1. The fourth-order valence-corrected chi connectivity index (χ4v) is 2.82. The van der Waals surface area contributed by atoms with Gasteiger partial charge in [0.2, 0.25) is 0 Å². The number of hydrogen-bond donors (Lipinski definition) is 1. The third-order valence-corrected chi connectivity index (χ3v) is 3.93. The molecule has 1 fully saturated rings. The van der Waals surface area contributed by atoms with Crippen LogP contribution in [0.15, 0.2) is 24.3 Å². The zero-order valence-corrected chi connectivity index (χ0v) is 11.2. The number of rotatable bonds is 4. The van der Waals surface area contributed by atoms with Gasteiger partial charge in [0.15, 0.2) is 5.78 Å². The van der Waals surface area contributed by atoms with Gasteiger partial charge in [-0.25, -0.2) is 0 Å². The van der Waals surface area contributed by atoms with E-state index < -0.39 is 0 Å². The molecule has 0 saturated heterocycles. The number of carbonyl (C=O) groups is 1. The fraction of sp³-hybridized carbons (Fsp3) is 0.562. The molecule has 0 bridgehead atoms. The molecule has 0 spiro atoms. The van der Waals surface area contributed by atoms with E-state index in [1.807, 2.05) is 12.1 Å². The van der Waals surface area contributed by atoms with Crippen LogP contribution in [0.25, 0.3) is 0 Å². The Bertz CT molecular complexity index is 396. The first-order valence-electron chi connectivity index (χ1n) is 7.11. The predicted molar refractivity (Wildman–Crippen MR) is 74.7 cm³/mol. The first-order chi connectivity index (χ1) is 8.72. The van der Waals surface area contributed by atoms with E-state index in [4.69, 9.17) is 5.73 Å². The molecule has 1 aliphatic rings. The Balaban J connectivity index is 2.08. The lowest BCUT2D eigenvalue weighted by Gasteiger charge is -2.27. The van der Waals surface area contributed by atoms with Gasteiger partial charge in [0.05, 0.1) is 0 Å². The van der Waals surface area contributed by atoms with Crippen molar-refractivity contribution in [3.05, 3.63) is 35.4 Å². The van der Waals surface area contributed by atoms with Gasteiger partial charge in [0, 0.05) is 17.5 Å². The third kappa shape index (κ3) is 2.99. The number of hydrogen-bond acceptors (Lipinski definition) is 2. The summed E-state index contributed by atoms with van der Waals surface area (Å²) in [5.74, 6) is 0.279. The van der Waals surface area contributed by atoms with Gasteiger partial charge in [-0.2, -0.15) is 0 Å². The van der Waals surface area contributed by atoms with Crippen molar-refractivity contribution < 1.29 is 4.79 Å². The van der Waals surface area contributed by atoms with Crippen molar-refractivity contribution in [2.45, 2.75) is 51.5 Å². The van der Waals surface area contributed by atoms with Crippen LogP contribution < -0.4 is 5.73 Å². The lowest BCUT2D eigenvalue weighted by molar-refractivity contribution is 0.0871. The third-order valence-electron chi connectivity index (χ3n) is 3.93. The molecule has 0 aliphatic heterocycles. The van der Waals surface area contributed by atoms with E-state index in [1.165, 1.54) is 12.0 Å². The monoisotopic (exact) mass is 245 g/mol. The summed E-state index contributed by atoms with van der Waals surface area (Å²) in [6, 6.07) is 8.14. The van der Waals surface area contributed by atoms with Crippen molar-refractivity contribution in [3.63, 3.8) is 0 Å². The molecule has 98 valence electrons. The van der Waals surface area contributed by atoms with Gasteiger partial charge in [0.1, 0.15) is 0 Å². The van der Waals surface area contributed by atoms with Crippen LogP contribution in [0, 0.1) is 5.92 Å². The number of aryl methyl sites for hydroxylation is 1. The molecule has 2 rings (SSSR count). The number of carbonyl (C=O) groups excluding carboxylic acids is 1. The smallest absolute Gasteiger partial charge is 0.167 e. The molecule has 2 N–H and O–H groups in total. The minimum absolute atomic E-state index is 0.0378. The minimum atomic E-state index is 0.0378. The zero-order chi connectivity index (χ0) is 13.0. The highest BCUT2D eigenvalue weighted by molar-refractivity contribution is 5.98. The highest BCUT2D eigenvalue weighted by Crippen LogP contribution is 2.26. The van der Waals surface area contributed by atoms with E-state index in [0.717, 1.165) is 37.7 Å². The summed E-state index contributed by atoms with van der Waals surface area (Å²) in [5.41, 5.74) is 8.21. The zero-order valence-electron chi connectivity index (χ0n) is 11.2. The summed E-state index contributed by atoms with van der Waals surface area (Å²) in [7, 11) is 0. The van der Waals surface area contributed by atoms with E-state index in [2.05, 4.69) is 19.1 Å². The number of ketones is 1. The topological polar surface area (TPSA) is 43.1 Å². The van der Waals surface area contributed by atoms with Crippen LogP contribution in [0.5, 0.6) is 0 Å². The van der Waals surface area contributed by atoms with Crippen LogP contribution >= 0.6 is 0 Å². The summed E-state index contributed by atoms with van der Waals surface area (Å²) in [6.45, 7) is 2.17. The average Bonchev–Trinajstić information content (AvgIpc) is 2.40. The quantitative estimate of drug-likeness (QED) is 0.827. The second-order valence-corrected chi connectivity index (χ2v) is 5.37. The molecule has 1 aliphatic carbocycles. The van der Waals surface area contributed by atoms with Crippen molar-refractivity contribution in [1.29, 1.82) is 0 Å². The Morgan fingerprint density at radius 1 is 1.22 bits per heavy atom. The Hall–Kier alpha value is -1.15. The van der Waals surface area contributed by atoms with Crippen molar-refractivity contribution in [1.82, 2.24) is 0 Å². The van der Waals surface area contributed by atoms with Crippen LogP contribution in [-0.2, 0) is 6.42 Å². The van der Waals surface area contributed by atoms with Crippen molar-refractivity contribution >= 4 is 5.78 Å². The highest BCUT2D eigenvalue weighted by atomic mass is 16.1. The lowest BCUT2D eigenvalue weighted by atomic mass is 9.80. The summed E-state index contributed by atoms with van der Waals surface area (Å²) >= 11 is 0. The molecule has 0 radical (unpaired) electrons.